The summed E-state index contributed by atoms with van der Waals surface area (Å²) in [4.78, 5) is 4.63. The van der Waals surface area contributed by atoms with Gasteiger partial charge in [0, 0.05) is 6.54 Å². The molecule has 0 saturated carbocycles. The van der Waals surface area contributed by atoms with Crippen LogP contribution in [-0.4, -0.2) is 67.9 Å². The standard InChI is InChI=1S/C19H32N2O2/c1-16-5-4-6-19(13-16)23-15-18(22)14-21-11-8-17(9-12-21)7-10-20(2)3/h4-6,13,17-18,22H,7-12,14-15H2,1-3H3. The molecule has 0 radical (unpaired) electrons. The second-order valence-corrected chi connectivity index (χ2v) is 7.12. The molecule has 1 N–H and O–H groups in total. The average Bonchev–Trinajstić information content (AvgIpc) is 2.52. The number of nitrogens with zero attached hydrogens (tertiary/aromatic N) is 2. The van der Waals surface area contributed by atoms with E-state index in [1.807, 2.05) is 31.2 Å². The van der Waals surface area contributed by atoms with E-state index in [0.717, 1.165) is 24.8 Å². The summed E-state index contributed by atoms with van der Waals surface area (Å²) < 4.78 is 5.69. The van der Waals surface area contributed by atoms with Crippen LogP contribution in [0.4, 0.5) is 0 Å². The molecule has 4 nitrogen and oxygen atoms in total. The van der Waals surface area contributed by atoms with Gasteiger partial charge in [0.25, 0.3) is 0 Å². The Morgan fingerprint density at radius 1 is 1.30 bits per heavy atom. The largest absolute Gasteiger partial charge is 0.491 e. The van der Waals surface area contributed by atoms with Crippen molar-refractivity contribution >= 4 is 0 Å². The predicted molar refractivity (Wildman–Crippen MR) is 95.0 cm³/mol. The quantitative estimate of drug-likeness (QED) is 0.798. The van der Waals surface area contributed by atoms with Crippen molar-refractivity contribution in [3.63, 3.8) is 0 Å². The van der Waals surface area contributed by atoms with Gasteiger partial charge in [-0.1, -0.05) is 12.1 Å². The van der Waals surface area contributed by atoms with Crippen molar-refractivity contribution in [3.05, 3.63) is 29.8 Å². The molecule has 1 unspecified atom stereocenters. The topological polar surface area (TPSA) is 35.9 Å². The molecule has 1 aromatic rings. The van der Waals surface area contributed by atoms with Crippen molar-refractivity contribution in [2.24, 2.45) is 5.92 Å². The van der Waals surface area contributed by atoms with Crippen molar-refractivity contribution in [3.8, 4) is 5.75 Å². The maximum Gasteiger partial charge on any atom is 0.119 e. The van der Waals surface area contributed by atoms with E-state index in [0.29, 0.717) is 13.2 Å². The molecule has 1 aromatic carbocycles. The molecule has 1 saturated heterocycles. The second kappa shape index (κ2) is 9.26. The monoisotopic (exact) mass is 320 g/mol. The smallest absolute Gasteiger partial charge is 0.119 e. The maximum absolute atomic E-state index is 10.2. The Kier molecular flexibility index (Phi) is 7.34. The molecule has 0 bridgehead atoms. The van der Waals surface area contributed by atoms with Crippen LogP contribution in [0.1, 0.15) is 24.8 Å². The summed E-state index contributed by atoms with van der Waals surface area (Å²) in [6.07, 6.45) is 3.37. The Labute approximate surface area is 141 Å². The third-order valence-electron chi connectivity index (χ3n) is 4.59. The summed E-state index contributed by atoms with van der Waals surface area (Å²) >= 11 is 0. The Bertz CT molecular complexity index is 456. The van der Waals surface area contributed by atoms with E-state index in [2.05, 4.69) is 23.9 Å². The summed E-state index contributed by atoms with van der Waals surface area (Å²) in [5.41, 5.74) is 1.18. The molecule has 2 rings (SSSR count). The van der Waals surface area contributed by atoms with Gasteiger partial charge in [0.2, 0.25) is 0 Å². The molecule has 4 heteroatoms. The van der Waals surface area contributed by atoms with Crippen LogP contribution in [0.25, 0.3) is 0 Å². The van der Waals surface area contributed by atoms with Gasteiger partial charge in [-0.15, -0.1) is 0 Å². The molecule has 1 atom stereocenters. The number of ether oxygens (including phenoxy) is 1. The molecule has 0 spiro atoms. The van der Waals surface area contributed by atoms with Gasteiger partial charge >= 0.3 is 0 Å². The van der Waals surface area contributed by atoms with Crippen LogP contribution in [0.5, 0.6) is 5.75 Å². The fraction of sp³-hybridized carbons (Fsp3) is 0.684. The molecule has 0 amide bonds. The van der Waals surface area contributed by atoms with Crippen molar-refractivity contribution < 1.29 is 9.84 Å². The SMILES string of the molecule is Cc1cccc(OCC(O)CN2CCC(CCN(C)C)CC2)c1. The highest BCUT2D eigenvalue weighted by Gasteiger charge is 2.21. The van der Waals surface area contributed by atoms with Gasteiger partial charge in [0.15, 0.2) is 0 Å². The van der Waals surface area contributed by atoms with E-state index >= 15 is 0 Å². The number of hydrogen-bond acceptors (Lipinski definition) is 4. The number of aryl methyl sites for hydroxylation is 1. The second-order valence-electron chi connectivity index (χ2n) is 7.12. The lowest BCUT2D eigenvalue weighted by atomic mass is 9.93. The lowest BCUT2D eigenvalue weighted by Crippen LogP contribution is -2.41. The number of likely N-dealkylation sites (tertiary alicyclic amines) is 1. The summed E-state index contributed by atoms with van der Waals surface area (Å²) in [5, 5.41) is 10.2. The molecule has 1 fully saturated rings. The van der Waals surface area contributed by atoms with Crippen molar-refractivity contribution in [1.29, 1.82) is 0 Å². The first-order chi connectivity index (χ1) is 11.0. The zero-order chi connectivity index (χ0) is 16.7. The molecule has 1 heterocycles. The summed E-state index contributed by atoms with van der Waals surface area (Å²) in [5.74, 6) is 1.68. The number of β-amino-alcohol motifs (C(OH)–C–C–N with tert-alkyl or cyclic N) is 1. The summed E-state index contributed by atoms with van der Waals surface area (Å²) in [6.45, 7) is 6.50. The number of hydrogen-bond donors (Lipinski definition) is 1. The van der Waals surface area contributed by atoms with Crippen molar-refractivity contribution in [2.45, 2.75) is 32.3 Å². The van der Waals surface area contributed by atoms with Crippen LogP contribution >= 0.6 is 0 Å². The van der Waals surface area contributed by atoms with E-state index in [4.69, 9.17) is 4.74 Å². The van der Waals surface area contributed by atoms with E-state index in [9.17, 15) is 5.11 Å². The van der Waals surface area contributed by atoms with E-state index in [-0.39, 0.29) is 0 Å². The first-order valence-corrected chi connectivity index (χ1v) is 8.77. The molecular formula is C19H32N2O2. The molecule has 0 aliphatic carbocycles. The zero-order valence-electron chi connectivity index (χ0n) is 14.9. The highest BCUT2D eigenvalue weighted by Crippen LogP contribution is 2.21. The lowest BCUT2D eigenvalue weighted by molar-refractivity contribution is 0.0538. The summed E-state index contributed by atoms with van der Waals surface area (Å²) in [7, 11) is 4.28. The molecule has 1 aliphatic rings. The minimum atomic E-state index is -0.422. The van der Waals surface area contributed by atoms with Crippen LogP contribution in [0.2, 0.25) is 0 Å². The van der Waals surface area contributed by atoms with Gasteiger partial charge in [0.05, 0.1) is 0 Å². The van der Waals surface area contributed by atoms with E-state index < -0.39 is 6.10 Å². The first-order valence-electron chi connectivity index (χ1n) is 8.77. The fourth-order valence-electron chi connectivity index (χ4n) is 3.15. The molecule has 23 heavy (non-hydrogen) atoms. The Hall–Kier alpha value is -1.10. The molecule has 0 aromatic heterocycles. The number of aliphatic hydroxyl groups is 1. The normalized spacial score (nSPS) is 18.3. The first kappa shape index (κ1) is 18.2. The fourth-order valence-corrected chi connectivity index (χ4v) is 3.15. The van der Waals surface area contributed by atoms with E-state index in [1.165, 1.54) is 31.4 Å². The van der Waals surface area contributed by atoms with Crippen molar-refractivity contribution in [1.82, 2.24) is 9.80 Å². The molecule has 1 aliphatic heterocycles. The predicted octanol–water partition coefficient (Wildman–Crippen LogP) is 2.40. The van der Waals surface area contributed by atoms with Crippen LogP contribution in [0, 0.1) is 12.8 Å². The van der Waals surface area contributed by atoms with Gasteiger partial charge in [-0.05, 0) is 83.5 Å². The minimum Gasteiger partial charge on any atom is -0.491 e. The lowest BCUT2D eigenvalue weighted by Gasteiger charge is -2.33. The highest BCUT2D eigenvalue weighted by atomic mass is 16.5. The average molecular weight is 320 g/mol. The summed E-state index contributed by atoms with van der Waals surface area (Å²) in [6, 6.07) is 7.97. The number of rotatable bonds is 8. The van der Waals surface area contributed by atoms with Crippen LogP contribution < -0.4 is 4.74 Å². The van der Waals surface area contributed by atoms with Crippen LogP contribution in [-0.2, 0) is 0 Å². The van der Waals surface area contributed by atoms with Crippen LogP contribution in [0.15, 0.2) is 24.3 Å². The Morgan fingerprint density at radius 2 is 2.04 bits per heavy atom. The highest BCUT2D eigenvalue weighted by molar-refractivity contribution is 5.27. The Balaban J connectivity index is 1.63. The van der Waals surface area contributed by atoms with E-state index in [1.54, 1.807) is 0 Å². The Morgan fingerprint density at radius 3 is 2.70 bits per heavy atom. The number of piperidine rings is 1. The van der Waals surface area contributed by atoms with Crippen LogP contribution in [0.3, 0.4) is 0 Å². The zero-order valence-corrected chi connectivity index (χ0v) is 14.9. The maximum atomic E-state index is 10.2. The molecule has 130 valence electrons. The minimum absolute atomic E-state index is 0.365. The van der Waals surface area contributed by atoms with Gasteiger partial charge in [0.1, 0.15) is 18.5 Å². The van der Waals surface area contributed by atoms with Gasteiger partial charge in [-0.25, -0.2) is 0 Å². The number of benzene rings is 1. The van der Waals surface area contributed by atoms with Crippen molar-refractivity contribution in [2.75, 3.05) is 46.9 Å². The molecular weight excluding hydrogens is 288 g/mol. The van der Waals surface area contributed by atoms with Gasteiger partial charge in [-0.3, -0.25) is 0 Å². The third-order valence-corrected chi connectivity index (χ3v) is 4.59. The number of aliphatic hydroxyl groups excluding tert-OH is 1. The van der Waals surface area contributed by atoms with Gasteiger partial charge < -0.3 is 19.6 Å². The van der Waals surface area contributed by atoms with Gasteiger partial charge in [-0.2, -0.15) is 0 Å². The third kappa shape index (κ3) is 6.90.